The number of rotatable bonds is 7. The number of nitrogens with zero attached hydrogens (tertiary/aromatic N) is 4. The van der Waals surface area contributed by atoms with Crippen LogP contribution >= 0.6 is 22.7 Å². The van der Waals surface area contributed by atoms with E-state index in [-0.39, 0.29) is 0 Å². The highest BCUT2D eigenvalue weighted by atomic mass is 32.1. The van der Waals surface area contributed by atoms with Crippen molar-refractivity contribution in [2.24, 2.45) is 0 Å². The van der Waals surface area contributed by atoms with Gasteiger partial charge in [0.1, 0.15) is 18.5 Å². The number of aliphatic hydroxyl groups is 1. The summed E-state index contributed by atoms with van der Waals surface area (Å²) in [4.78, 5) is 13.8. The summed E-state index contributed by atoms with van der Waals surface area (Å²) in [5.41, 5.74) is 2.12. The van der Waals surface area contributed by atoms with Gasteiger partial charge in [0.25, 0.3) is 0 Å². The molecule has 28 heavy (non-hydrogen) atoms. The van der Waals surface area contributed by atoms with Crippen molar-refractivity contribution in [2.75, 3.05) is 39.3 Å². The quantitative estimate of drug-likeness (QED) is 0.637. The van der Waals surface area contributed by atoms with E-state index in [1.165, 1.54) is 0 Å². The summed E-state index contributed by atoms with van der Waals surface area (Å²) in [6, 6.07) is 5.93. The summed E-state index contributed by atoms with van der Waals surface area (Å²) in [5, 5.41) is 14.7. The van der Waals surface area contributed by atoms with Crippen molar-refractivity contribution in [3.63, 3.8) is 0 Å². The zero-order chi connectivity index (χ0) is 19.5. The number of hydrogen-bond donors (Lipinski definition) is 1. The van der Waals surface area contributed by atoms with Gasteiger partial charge in [-0.3, -0.25) is 9.80 Å². The number of piperazine rings is 1. The number of thiazole rings is 2. The first-order valence-electron chi connectivity index (χ1n) is 9.59. The molecule has 1 N–H and O–H groups in total. The van der Waals surface area contributed by atoms with Gasteiger partial charge in [0.05, 0.1) is 25.9 Å². The first-order valence-corrected chi connectivity index (χ1v) is 11.3. The smallest absolute Gasteiger partial charge is 0.121 e. The fourth-order valence-electron chi connectivity index (χ4n) is 3.50. The van der Waals surface area contributed by atoms with Gasteiger partial charge in [-0.05, 0) is 26.0 Å². The van der Waals surface area contributed by atoms with Crippen LogP contribution in [0.4, 0.5) is 0 Å². The van der Waals surface area contributed by atoms with Gasteiger partial charge < -0.3 is 9.84 Å². The maximum Gasteiger partial charge on any atom is 0.121 e. The van der Waals surface area contributed by atoms with E-state index < -0.39 is 6.10 Å². The predicted octanol–water partition coefficient (Wildman–Crippen LogP) is 2.93. The van der Waals surface area contributed by atoms with E-state index in [0.717, 1.165) is 64.4 Å². The molecule has 1 aliphatic heterocycles. The lowest BCUT2D eigenvalue weighted by atomic mass is 10.2. The summed E-state index contributed by atoms with van der Waals surface area (Å²) in [6.45, 7) is 9.84. The van der Waals surface area contributed by atoms with Gasteiger partial charge in [-0.25, -0.2) is 9.97 Å². The molecule has 1 fully saturated rings. The van der Waals surface area contributed by atoms with Crippen molar-refractivity contribution in [2.45, 2.75) is 26.5 Å². The second kappa shape index (κ2) is 8.84. The average Bonchev–Trinajstić information content (AvgIpc) is 3.25. The number of ether oxygens (including phenoxy) is 1. The molecule has 6 nitrogen and oxygen atoms in total. The molecule has 3 aromatic rings. The lowest BCUT2D eigenvalue weighted by molar-refractivity contribution is 0.0444. The molecular weight excluding hydrogens is 392 g/mol. The average molecular weight is 419 g/mol. The number of aliphatic hydroxyl groups excluding tert-OH is 1. The Labute approximate surface area is 173 Å². The molecule has 2 aromatic heterocycles. The van der Waals surface area contributed by atoms with E-state index in [1.54, 1.807) is 22.7 Å². The van der Waals surface area contributed by atoms with E-state index >= 15 is 0 Å². The molecule has 4 rings (SSSR count). The van der Waals surface area contributed by atoms with Crippen molar-refractivity contribution in [3.05, 3.63) is 39.3 Å². The topological polar surface area (TPSA) is 61.7 Å². The second-order valence-corrected chi connectivity index (χ2v) is 9.56. The van der Waals surface area contributed by atoms with Crippen molar-refractivity contribution >= 4 is 32.9 Å². The van der Waals surface area contributed by atoms with Gasteiger partial charge in [0, 0.05) is 50.7 Å². The van der Waals surface area contributed by atoms with Crippen LogP contribution in [0.5, 0.6) is 5.75 Å². The van der Waals surface area contributed by atoms with E-state index in [9.17, 15) is 5.11 Å². The maximum absolute atomic E-state index is 10.4. The van der Waals surface area contributed by atoms with Crippen LogP contribution in [-0.2, 0) is 6.54 Å². The number of aromatic nitrogens is 2. The van der Waals surface area contributed by atoms with Crippen LogP contribution in [0, 0.1) is 13.8 Å². The molecule has 1 atom stereocenters. The molecule has 0 spiro atoms. The Morgan fingerprint density at radius 2 is 1.89 bits per heavy atom. The summed E-state index contributed by atoms with van der Waals surface area (Å²) in [5.74, 6) is 0.764. The molecular formula is C20H26N4O2S2. The highest BCUT2D eigenvalue weighted by Crippen LogP contribution is 2.25. The molecule has 0 saturated carbocycles. The zero-order valence-corrected chi connectivity index (χ0v) is 17.9. The minimum Gasteiger partial charge on any atom is -0.491 e. The van der Waals surface area contributed by atoms with Gasteiger partial charge >= 0.3 is 0 Å². The molecule has 3 heterocycles. The predicted molar refractivity (Wildman–Crippen MR) is 114 cm³/mol. The molecule has 8 heteroatoms. The first kappa shape index (κ1) is 19.7. The third-order valence-corrected chi connectivity index (χ3v) is 6.67. The Kier molecular flexibility index (Phi) is 6.22. The Morgan fingerprint density at radius 3 is 2.64 bits per heavy atom. The molecule has 1 aromatic carbocycles. The van der Waals surface area contributed by atoms with Gasteiger partial charge in [-0.15, -0.1) is 22.7 Å². The van der Waals surface area contributed by atoms with Gasteiger partial charge in [-0.2, -0.15) is 0 Å². The van der Waals surface area contributed by atoms with Gasteiger partial charge in [0.2, 0.25) is 0 Å². The highest BCUT2D eigenvalue weighted by Gasteiger charge is 2.20. The molecule has 1 aliphatic rings. The lowest BCUT2D eigenvalue weighted by Gasteiger charge is -2.35. The summed E-state index contributed by atoms with van der Waals surface area (Å²) >= 11 is 3.39. The number of β-amino-alcohol motifs (C(OH)–C–C–N with tert-alkyl or cyclic N) is 1. The van der Waals surface area contributed by atoms with Crippen LogP contribution < -0.4 is 4.74 Å². The van der Waals surface area contributed by atoms with Gasteiger partial charge in [0.15, 0.2) is 0 Å². The van der Waals surface area contributed by atoms with Crippen LogP contribution in [0.15, 0.2) is 23.6 Å². The number of fused-ring (bicyclic) bond motifs is 1. The Hall–Kier alpha value is -1.58. The monoisotopic (exact) mass is 418 g/mol. The lowest BCUT2D eigenvalue weighted by Crippen LogP contribution is -2.48. The summed E-state index contributed by atoms with van der Waals surface area (Å²) < 4.78 is 6.96. The minimum atomic E-state index is -0.499. The van der Waals surface area contributed by atoms with Crippen molar-refractivity contribution < 1.29 is 9.84 Å². The molecule has 1 saturated heterocycles. The van der Waals surface area contributed by atoms with E-state index in [4.69, 9.17) is 4.74 Å². The summed E-state index contributed by atoms with van der Waals surface area (Å²) in [6.07, 6.45) is -0.499. The molecule has 0 bridgehead atoms. The van der Waals surface area contributed by atoms with Gasteiger partial charge in [-0.1, -0.05) is 0 Å². The van der Waals surface area contributed by atoms with Crippen molar-refractivity contribution in [3.8, 4) is 5.75 Å². The maximum atomic E-state index is 10.4. The van der Waals surface area contributed by atoms with Crippen LogP contribution in [0.25, 0.3) is 10.2 Å². The highest BCUT2D eigenvalue weighted by molar-refractivity contribution is 7.18. The Balaban J connectivity index is 1.20. The normalized spacial score (nSPS) is 17.2. The second-order valence-electron chi connectivity index (χ2n) is 7.26. The number of benzene rings is 1. The number of aryl methyl sites for hydroxylation is 2. The molecule has 0 amide bonds. The van der Waals surface area contributed by atoms with Crippen LogP contribution in [0.3, 0.4) is 0 Å². The Bertz CT molecular complexity index is 918. The molecule has 0 radical (unpaired) electrons. The van der Waals surface area contributed by atoms with E-state index in [0.29, 0.717) is 13.2 Å². The van der Waals surface area contributed by atoms with E-state index in [2.05, 4.69) is 25.1 Å². The first-order chi connectivity index (χ1) is 13.5. The molecule has 0 aliphatic carbocycles. The van der Waals surface area contributed by atoms with Crippen LogP contribution in [-0.4, -0.2) is 70.3 Å². The zero-order valence-electron chi connectivity index (χ0n) is 16.3. The van der Waals surface area contributed by atoms with E-state index in [1.807, 2.05) is 32.0 Å². The largest absolute Gasteiger partial charge is 0.491 e. The number of hydrogen-bond acceptors (Lipinski definition) is 8. The molecule has 150 valence electrons. The third-order valence-electron chi connectivity index (χ3n) is 4.89. The fraction of sp³-hybridized carbons (Fsp3) is 0.500. The van der Waals surface area contributed by atoms with Crippen LogP contribution in [0.1, 0.15) is 15.7 Å². The summed E-state index contributed by atoms with van der Waals surface area (Å²) in [7, 11) is 0. The standard InChI is InChI=1S/C20H26N4O2S2/c1-14-21-16(13-27-14)10-23-5-7-24(8-6-23)11-17(25)12-26-18-3-4-20-19(9-18)22-15(2)28-20/h3-4,9,13,17,25H,5-8,10-12H2,1-2H3. The molecule has 1 unspecified atom stereocenters. The third kappa shape index (κ3) is 5.07. The Morgan fingerprint density at radius 1 is 1.11 bits per heavy atom. The SMILES string of the molecule is Cc1nc(CN2CCN(CC(O)COc3ccc4sc(C)nc4c3)CC2)cs1. The minimum absolute atomic E-state index is 0.299. The van der Waals surface area contributed by atoms with Crippen molar-refractivity contribution in [1.82, 2.24) is 19.8 Å². The fourth-order valence-corrected chi connectivity index (χ4v) is 4.91. The van der Waals surface area contributed by atoms with Crippen LogP contribution in [0.2, 0.25) is 0 Å². The van der Waals surface area contributed by atoms with Crippen molar-refractivity contribution in [1.29, 1.82) is 0 Å².